The normalized spacial score (nSPS) is 27.2. The SMILES string of the molecule is CCC1=CCC=C(C)C=C2CC2C1. The number of hydrogen-bond acceptors (Lipinski definition) is 0. The van der Waals surface area contributed by atoms with Crippen molar-refractivity contribution in [3.05, 3.63) is 34.9 Å². The van der Waals surface area contributed by atoms with Crippen LogP contribution in [0.4, 0.5) is 0 Å². The number of rotatable bonds is 1. The van der Waals surface area contributed by atoms with Crippen molar-refractivity contribution in [3.63, 3.8) is 0 Å². The second kappa shape index (κ2) is 3.53. The van der Waals surface area contributed by atoms with E-state index in [1.165, 1.54) is 24.8 Å². The van der Waals surface area contributed by atoms with Crippen molar-refractivity contribution in [1.29, 1.82) is 0 Å². The van der Waals surface area contributed by atoms with Crippen LogP contribution in [0.15, 0.2) is 34.9 Å². The summed E-state index contributed by atoms with van der Waals surface area (Å²) in [6, 6.07) is 0. The highest BCUT2D eigenvalue weighted by molar-refractivity contribution is 5.35. The zero-order valence-electron chi connectivity index (χ0n) is 8.64. The number of hydrogen-bond donors (Lipinski definition) is 0. The first-order valence-corrected chi connectivity index (χ1v) is 5.34. The first-order valence-electron chi connectivity index (χ1n) is 5.34. The van der Waals surface area contributed by atoms with Crippen LogP contribution in [0, 0.1) is 5.92 Å². The molecule has 0 aromatic rings. The molecule has 2 rings (SSSR count). The van der Waals surface area contributed by atoms with Gasteiger partial charge in [-0.2, -0.15) is 0 Å². The van der Waals surface area contributed by atoms with Gasteiger partial charge in [-0.3, -0.25) is 0 Å². The van der Waals surface area contributed by atoms with Gasteiger partial charge in [0.15, 0.2) is 0 Å². The van der Waals surface area contributed by atoms with Crippen LogP contribution in [0.2, 0.25) is 0 Å². The van der Waals surface area contributed by atoms with Gasteiger partial charge in [-0.25, -0.2) is 0 Å². The van der Waals surface area contributed by atoms with E-state index in [9.17, 15) is 0 Å². The Morgan fingerprint density at radius 1 is 1.31 bits per heavy atom. The summed E-state index contributed by atoms with van der Waals surface area (Å²) in [7, 11) is 0. The van der Waals surface area contributed by atoms with Crippen LogP contribution < -0.4 is 0 Å². The summed E-state index contributed by atoms with van der Waals surface area (Å²) < 4.78 is 0. The summed E-state index contributed by atoms with van der Waals surface area (Å²) in [5, 5.41) is 0. The van der Waals surface area contributed by atoms with Gasteiger partial charge in [0, 0.05) is 0 Å². The standard InChI is InChI=1S/C13H18/c1-3-11-6-4-5-10(2)7-12-9-13(12)8-11/h5-7,13H,3-4,8-9H2,1-2H3. The average Bonchev–Trinajstić information content (AvgIpc) is 2.80. The van der Waals surface area contributed by atoms with Crippen LogP contribution in [-0.4, -0.2) is 0 Å². The zero-order chi connectivity index (χ0) is 9.26. The third kappa shape index (κ3) is 2.12. The van der Waals surface area contributed by atoms with Gasteiger partial charge >= 0.3 is 0 Å². The molecule has 0 heteroatoms. The van der Waals surface area contributed by atoms with E-state index in [2.05, 4.69) is 32.1 Å². The second-order valence-corrected chi connectivity index (χ2v) is 4.22. The Kier molecular flexibility index (Phi) is 2.39. The maximum atomic E-state index is 2.42. The molecule has 0 amide bonds. The molecule has 0 aromatic carbocycles. The predicted molar refractivity (Wildman–Crippen MR) is 57.6 cm³/mol. The maximum Gasteiger partial charge on any atom is -0.0125 e. The van der Waals surface area contributed by atoms with Gasteiger partial charge in [0.2, 0.25) is 0 Å². The van der Waals surface area contributed by atoms with Gasteiger partial charge in [-0.1, -0.05) is 41.9 Å². The lowest BCUT2D eigenvalue weighted by Crippen LogP contribution is -1.83. The van der Waals surface area contributed by atoms with Gasteiger partial charge in [0.05, 0.1) is 0 Å². The van der Waals surface area contributed by atoms with Crippen molar-refractivity contribution in [2.45, 2.75) is 39.5 Å². The fourth-order valence-corrected chi connectivity index (χ4v) is 2.06. The smallest absolute Gasteiger partial charge is 0.0125 e. The van der Waals surface area contributed by atoms with E-state index < -0.39 is 0 Å². The van der Waals surface area contributed by atoms with E-state index in [4.69, 9.17) is 0 Å². The monoisotopic (exact) mass is 174 g/mol. The summed E-state index contributed by atoms with van der Waals surface area (Å²) >= 11 is 0. The molecule has 0 N–H and O–H groups in total. The van der Waals surface area contributed by atoms with Gasteiger partial charge < -0.3 is 0 Å². The molecule has 70 valence electrons. The molecule has 0 aliphatic heterocycles. The number of allylic oxidation sites excluding steroid dienone is 6. The second-order valence-electron chi connectivity index (χ2n) is 4.22. The molecule has 1 fully saturated rings. The molecule has 0 heterocycles. The van der Waals surface area contributed by atoms with Crippen molar-refractivity contribution in [3.8, 4) is 0 Å². The Hall–Kier alpha value is -0.780. The van der Waals surface area contributed by atoms with Crippen LogP contribution in [0.25, 0.3) is 0 Å². The lowest BCUT2D eigenvalue weighted by molar-refractivity contribution is 0.807. The first kappa shape index (κ1) is 8.80. The minimum absolute atomic E-state index is 0.896. The molecule has 0 spiro atoms. The summed E-state index contributed by atoms with van der Waals surface area (Å²) in [5.74, 6) is 0.896. The van der Waals surface area contributed by atoms with Crippen LogP contribution >= 0.6 is 0 Å². The summed E-state index contributed by atoms with van der Waals surface area (Å²) in [4.78, 5) is 0. The van der Waals surface area contributed by atoms with Crippen molar-refractivity contribution in [2.24, 2.45) is 5.92 Å². The van der Waals surface area contributed by atoms with Gasteiger partial charge in [0.1, 0.15) is 0 Å². The minimum Gasteiger partial charge on any atom is -0.0815 e. The van der Waals surface area contributed by atoms with E-state index in [0.717, 1.165) is 12.3 Å². The average molecular weight is 174 g/mol. The lowest BCUT2D eigenvalue weighted by atomic mass is 10.1. The molecule has 1 unspecified atom stereocenters. The summed E-state index contributed by atoms with van der Waals surface area (Å²) in [5.41, 5.74) is 4.78. The largest absolute Gasteiger partial charge is 0.0815 e. The van der Waals surface area contributed by atoms with Crippen LogP contribution in [-0.2, 0) is 0 Å². The minimum atomic E-state index is 0.896. The fraction of sp³-hybridized carbons (Fsp3) is 0.538. The van der Waals surface area contributed by atoms with Crippen molar-refractivity contribution >= 4 is 0 Å². The highest BCUT2D eigenvalue weighted by atomic mass is 14.3. The fourth-order valence-electron chi connectivity index (χ4n) is 2.06. The van der Waals surface area contributed by atoms with E-state index in [1.807, 2.05) is 0 Å². The molecule has 1 atom stereocenters. The Morgan fingerprint density at radius 3 is 2.92 bits per heavy atom. The maximum absolute atomic E-state index is 2.42. The lowest BCUT2D eigenvalue weighted by Gasteiger charge is -2.00. The quantitative estimate of drug-likeness (QED) is 0.527. The number of fused-ring (bicyclic) bond motifs is 1. The van der Waals surface area contributed by atoms with E-state index >= 15 is 0 Å². The topological polar surface area (TPSA) is 0 Å². The van der Waals surface area contributed by atoms with Crippen LogP contribution in [0.1, 0.15) is 39.5 Å². The Balaban J connectivity index is 2.17. The van der Waals surface area contributed by atoms with E-state index in [0.29, 0.717) is 0 Å². The van der Waals surface area contributed by atoms with Crippen molar-refractivity contribution in [1.82, 2.24) is 0 Å². The van der Waals surface area contributed by atoms with Crippen LogP contribution in [0.5, 0.6) is 0 Å². The molecule has 0 radical (unpaired) electrons. The molecule has 0 bridgehead atoms. The van der Waals surface area contributed by atoms with E-state index in [1.54, 1.807) is 11.1 Å². The zero-order valence-corrected chi connectivity index (χ0v) is 8.64. The third-order valence-electron chi connectivity index (χ3n) is 3.07. The molecule has 0 nitrogen and oxygen atoms in total. The van der Waals surface area contributed by atoms with E-state index in [-0.39, 0.29) is 0 Å². The predicted octanol–water partition coefficient (Wildman–Crippen LogP) is 4.01. The molecule has 0 aromatic heterocycles. The Bertz CT molecular complexity index is 289. The Morgan fingerprint density at radius 2 is 2.15 bits per heavy atom. The Labute approximate surface area is 81.0 Å². The molecular formula is C13H18. The van der Waals surface area contributed by atoms with Crippen LogP contribution in [0.3, 0.4) is 0 Å². The highest BCUT2D eigenvalue weighted by Gasteiger charge is 2.29. The molecular weight excluding hydrogens is 156 g/mol. The van der Waals surface area contributed by atoms with Gasteiger partial charge in [-0.15, -0.1) is 0 Å². The van der Waals surface area contributed by atoms with Crippen molar-refractivity contribution in [2.75, 3.05) is 0 Å². The molecule has 1 saturated carbocycles. The van der Waals surface area contributed by atoms with Gasteiger partial charge in [0.25, 0.3) is 0 Å². The molecule has 2 aliphatic rings. The summed E-state index contributed by atoms with van der Waals surface area (Å²) in [6.45, 7) is 4.49. The highest BCUT2D eigenvalue weighted by Crippen LogP contribution is 2.44. The van der Waals surface area contributed by atoms with Crippen molar-refractivity contribution < 1.29 is 0 Å². The van der Waals surface area contributed by atoms with Gasteiger partial charge in [-0.05, 0) is 38.5 Å². The molecule has 13 heavy (non-hydrogen) atoms. The third-order valence-corrected chi connectivity index (χ3v) is 3.07. The molecule has 2 aliphatic carbocycles. The molecule has 0 saturated heterocycles. The summed E-state index contributed by atoms with van der Waals surface area (Å²) in [6.07, 6.45) is 12.2. The first-order chi connectivity index (χ1) is 6.29.